The zero-order valence-corrected chi connectivity index (χ0v) is 4.33. The van der Waals surface area contributed by atoms with E-state index in [4.69, 9.17) is 0 Å². The van der Waals surface area contributed by atoms with Crippen molar-refractivity contribution in [2.24, 2.45) is 5.41 Å². The summed E-state index contributed by atoms with van der Waals surface area (Å²) in [6, 6.07) is 0. The molecule has 0 bridgehead atoms. The summed E-state index contributed by atoms with van der Waals surface area (Å²) in [6.07, 6.45) is 6.00. The molecule has 1 saturated carbocycles. The third-order valence-corrected chi connectivity index (χ3v) is 2.89. The average molecular weight is 92.1 g/mol. The van der Waals surface area contributed by atoms with Crippen molar-refractivity contribution in [2.75, 3.05) is 0 Å². The number of fused-ring (bicyclic) bond motifs is 2. The van der Waals surface area contributed by atoms with E-state index < -0.39 is 0 Å². The fourth-order valence-corrected chi connectivity index (χ4v) is 1.99. The molecule has 0 unspecified atom stereocenters. The molecule has 0 saturated heterocycles. The van der Waals surface area contributed by atoms with E-state index in [2.05, 4.69) is 0 Å². The quantitative estimate of drug-likeness (QED) is 0.400. The Bertz CT molecular complexity index is 156. The Morgan fingerprint density at radius 2 is 1.86 bits per heavy atom. The summed E-state index contributed by atoms with van der Waals surface area (Å²) in [7, 11) is 0. The van der Waals surface area contributed by atoms with Gasteiger partial charge in [0.25, 0.3) is 0 Å². The van der Waals surface area contributed by atoms with Gasteiger partial charge in [0.2, 0.25) is 0 Å². The largest absolute Gasteiger partial charge is 0.0554 e. The standard InChI is InChI=1S/C7H8/c1-2-7(3-1)5-4-6(5)7/h1-4H2. The molecule has 7 heavy (non-hydrogen) atoms. The third kappa shape index (κ3) is 0.142. The Balaban J connectivity index is 1.99. The van der Waals surface area contributed by atoms with Crippen LogP contribution in [0.4, 0.5) is 0 Å². The van der Waals surface area contributed by atoms with Crippen LogP contribution in [-0.2, 0) is 0 Å². The molecule has 0 N–H and O–H groups in total. The lowest BCUT2D eigenvalue weighted by atomic mass is 9.70. The fraction of sp³-hybridized carbons (Fsp3) is 0.714. The molecule has 3 aliphatic rings. The Labute approximate surface area is 43.2 Å². The molecule has 0 aromatic heterocycles. The minimum atomic E-state index is 0.861. The van der Waals surface area contributed by atoms with Crippen LogP contribution in [-0.4, -0.2) is 0 Å². The second-order valence-electron chi connectivity index (χ2n) is 3.07. The van der Waals surface area contributed by atoms with Crippen LogP contribution in [0, 0.1) is 5.41 Å². The van der Waals surface area contributed by atoms with Crippen molar-refractivity contribution in [1.82, 2.24) is 0 Å². The van der Waals surface area contributed by atoms with Gasteiger partial charge in [-0.25, -0.2) is 0 Å². The highest BCUT2D eigenvalue weighted by atomic mass is 14.7. The van der Waals surface area contributed by atoms with Crippen molar-refractivity contribution in [3.05, 3.63) is 11.1 Å². The molecule has 0 heterocycles. The first kappa shape index (κ1) is 2.91. The maximum absolute atomic E-state index is 1.86. The Hall–Kier alpha value is -0.260. The van der Waals surface area contributed by atoms with Crippen LogP contribution >= 0.6 is 0 Å². The van der Waals surface area contributed by atoms with Crippen LogP contribution in [0.1, 0.15) is 25.7 Å². The molecule has 1 spiro atoms. The normalized spacial score (nSPS) is 37.7. The van der Waals surface area contributed by atoms with Crippen LogP contribution in [0.5, 0.6) is 0 Å². The van der Waals surface area contributed by atoms with Gasteiger partial charge in [0.15, 0.2) is 0 Å². The van der Waals surface area contributed by atoms with Gasteiger partial charge in [-0.1, -0.05) is 17.6 Å². The molecular formula is C7H8. The van der Waals surface area contributed by atoms with E-state index in [1.165, 1.54) is 25.7 Å². The van der Waals surface area contributed by atoms with Crippen LogP contribution < -0.4 is 0 Å². The lowest BCUT2D eigenvalue weighted by Gasteiger charge is -2.33. The molecule has 0 amide bonds. The molecule has 0 heteroatoms. The van der Waals surface area contributed by atoms with E-state index in [-0.39, 0.29) is 0 Å². The predicted octanol–water partition coefficient (Wildman–Crippen LogP) is 1.87. The second kappa shape index (κ2) is 0.521. The minimum Gasteiger partial charge on any atom is -0.0554 e. The summed E-state index contributed by atoms with van der Waals surface area (Å²) in [6.45, 7) is 0. The van der Waals surface area contributed by atoms with Gasteiger partial charge < -0.3 is 0 Å². The van der Waals surface area contributed by atoms with E-state index in [1.54, 1.807) is 0 Å². The molecule has 1 fully saturated rings. The minimum absolute atomic E-state index is 0.861. The number of hydrogen-bond acceptors (Lipinski definition) is 0. The molecule has 0 aliphatic heterocycles. The van der Waals surface area contributed by atoms with Crippen LogP contribution in [0.2, 0.25) is 0 Å². The molecule has 0 nitrogen and oxygen atoms in total. The van der Waals surface area contributed by atoms with Crippen LogP contribution in [0.25, 0.3) is 0 Å². The highest BCUT2D eigenvalue weighted by molar-refractivity contribution is 5.67. The van der Waals surface area contributed by atoms with E-state index >= 15 is 0 Å². The fourth-order valence-electron chi connectivity index (χ4n) is 1.99. The van der Waals surface area contributed by atoms with Crippen LogP contribution in [0.3, 0.4) is 0 Å². The summed E-state index contributed by atoms with van der Waals surface area (Å²) in [5, 5.41) is 0. The summed E-state index contributed by atoms with van der Waals surface area (Å²) in [4.78, 5) is 0. The van der Waals surface area contributed by atoms with Crippen molar-refractivity contribution in [3.63, 3.8) is 0 Å². The molecule has 0 aromatic rings. The zero-order chi connectivity index (χ0) is 4.48. The lowest BCUT2D eigenvalue weighted by Crippen LogP contribution is -2.22. The molecule has 0 radical (unpaired) electrons. The van der Waals surface area contributed by atoms with Crippen molar-refractivity contribution >= 4 is 0 Å². The molecule has 3 aliphatic carbocycles. The monoisotopic (exact) mass is 92.1 g/mol. The first-order valence-electron chi connectivity index (χ1n) is 3.16. The lowest BCUT2D eigenvalue weighted by molar-refractivity contribution is 0.276. The highest BCUT2D eigenvalue weighted by Gasteiger charge is 2.65. The molecule has 36 valence electrons. The molecule has 0 atom stereocenters. The van der Waals surface area contributed by atoms with Gasteiger partial charge in [-0.05, 0) is 19.3 Å². The predicted molar refractivity (Wildman–Crippen MR) is 27.9 cm³/mol. The van der Waals surface area contributed by atoms with Gasteiger partial charge in [0, 0.05) is 5.41 Å². The molecule has 0 aromatic carbocycles. The summed E-state index contributed by atoms with van der Waals surface area (Å²) >= 11 is 0. The summed E-state index contributed by atoms with van der Waals surface area (Å²) in [5.74, 6) is 0. The first-order valence-corrected chi connectivity index (χ1v) is 3.16. The van der Waals surface area contributed by atoms with Crippen molar-refractivity contribution in [2.45, 2.75) is 25.7 Å². The zero-order valence-electron chi connectivity index (χ0n) is 4.33. The Morgan fingerprint density at radius 1 is 1.14 bits per heavy atom. The maximum Gasteiger partial charge on any atom is 0.0133 e. The van der Waals surface area contributed by atoms with Gasteiger partial charge in [-0.2, -0.15) is 0 Å². The Kier molecular flexibility index (Phi) is 0.216. The van der Waals surface area contributed by atoms with Gasteiger partial charge in [0.1, 0.15) is 0 Å². The molecular weight excluding hydrogens is 84.1 g/mol. The third-order valence-electron chi connectivity index (χ3n) is 2.89. The molecule has 3 rings (SSSR count). The van der Waals surface area contributed by atoms with Crippen molar-refractivity contribution in [3.8, 4) is 0 Å². The number of hydrogen-bond donors (Lipinski definition) is 0. The van der Waals surface area contributed by atoms with Gasteiger partial charge in [-0.3, -0.25) is 0 Å². The first-order chi connectivity index (χ1) is 3.43. The Morgan fingerprint density at radius 3 is 1.86 bits per heavy atom. The van der Waals surface area contributed by atoms with Crippen molar-refractivity contribution in [1.29, 1.82) is 0 Å². The van der Waals surface area contributed by atoms with E-state index in [0.29, 0.717) is 0 Å². The van der Waals surface area contributed by atoms with Crippen molar-refractivity contribution < 1.29 is 0 Å². The van der Waals surface area contributed by atoms with Gasteiger partial charge in [-0.15, -0.1) is 0 Å². The maximum atomic E-state index is 1.86. The van der Waals surface area contributed by atoms with Gasteiger partial charge >= 0.3 is 0 Å². The topological polar surface area (TPSA) is 0 Å². The SMILES string of the molecule is C1CC2(C1)C1=C2C1. The summed E-state index contributed by atoms with van der Waals surface area (Å²) in [5.41, 5.74) is 4.58. The van der Waals surface area contributed by atoms with E-state index in [0.717, 1.165) is 5.41 Å². The summed E-state index contributed by atoms with van der Waals surface area (Å²) < 4.78 is 0. The highest BCUT2D eigenvalue weighted by Crippen LogP contribution is 2.79. The van der Waals surface area contributed by atoms with Crippen LogP contribution in [0.15, 0.2) is 11.1 Å². The number of rotatable bonds is 0. The second-order valence-corrected chi connectivity index (χ2v) is 3.07. The van der Waals surface area contributed by atoms with Gasteiger partial charge in [0.05, 0.1) is 0 Å². The smallest absolute Gasteiger partial charge is 0.0133 e. The van der Waals surface area contributed by atoms with E-state index in [1.807, 2.05) is 11.1 Å². The number of allylic oxidation sites excluding steroid dienone is 2. The van der Waals surface area contributed by atoms with E-state index in [9.17, 15) is 0 Å². The average Bonchev–Trinajstić information content (AvgIpc) is 1.97.